The van der Waals surface area contributed by atoms with Crippen molar-refractivity contribution in [3.05, 3.63) is 153 Å². The van der Waals surface area contributed by atoms with E-state index in [2.05, 4.69) is 31.1 Å². The number of aryl methyl sites for hydroxylation is 2. The predicted octanol–water partition coefficient (Wildman–Crippen LogP) is 10.9. The van der Waals surface area contributed by atoms with Gasteiger partial charge in [0.25, 0.3) is 0 Å². The van der Waals surface area contributed by atoms with Gasteiger partial charge in [-0.3, -0.25) is 9.80 Å². The highest BCUT2D eigenvalue weighted by atomic mass is 32.2. The van der Waals surface area contributed by atoms with E-state index in [0.717, 1.165) is 67.0 Å². The molecule has 0 spiro atoms. The Balaban J connectivity index is 1.41. The molecule has 6 aromatic rings. The number of allylic oxidation sites excluding steroid dienone is 2. The number of benzene rings is 4. The van der Waals surface area contributed by atoms with Crippen molar-refractivity contribution in [1.82, 2.24) is 9.13 Å². The van der Waals surface area contributed by atoms with Gasteiger partial charge in [-0.25, -0.2) is 17.6 Å². The zero-order chi connectivity index (χ0) is 33.4. The van der Waals surface area contributed by atoms with Gasteiger partial charge < -0.3 is 9.13 Å². The molecule has 0 amide bonds. The minimum Gasteiger partial charge on any atom is -0.330 e. The van der Waals surface area contributed by atoms with Crippen LogP contribution in [0.1, 0.15) is 25.0 Å². The standard InChI is InChI=1S/C38H28F4N4S2/c1-21-35(25-13-27(39)19-28(40)14-25)47-37(45(21)33-17-23-9-5-7-11-31(23)43(33)3)38-46(34-18-24-10-6-8-12-32(24)44(34)4)22(2)36(48-38)26-15-29(41)20-30(42)16-26/h5-20H,1-4H3/b38-37+. The van der Waals surface area contributed by atoms with Crippen LogP contribution in [0.4, 0.5) is 29.2 Å². The van der Waals surface area contributed by atoms with Gasteiger partial charge >= 0.3 is 0 Å². The van der Waals surface area contributed by atoms with E-state index in [1.165, 1.54) is 47.8 Å². The SMILES string of the molecule is CC1=C(c2cc(F)cc(F)c2)S/C(=C2/SC(c3cc(F)cc(F)c3)=C(C)N2c2cc3ccccc3n2C)N1c1cc2ccccc2n1C. The number of hydrogen-bond donors (Lipinski definition) is 0. The summed E-state index contributed by atoms with van der Waals surface area (Å²) in [4.78, 5) is 5.62. The third-order valence-corrected chi connectivity index (χ3v) is 11.6. The number of anilines is 2. The first-order chi connectivity index (χ1) is 23.1. The first-order valence-corrected chi connectivity index (χ1v) is 16.9. The van der Waals surface area contributed by atoms with Crippen molar-refractivity contribution >= 4 is 66.8 Å². The van der Waals surface area contributed by atoms with E-state index in [4.69, 9.17) is 0 Å². The maximum atomic E-state index is 14.6. The van der Waals surface area contributed by atoms with Gasteiger partial charge in [0.05, 0.1) is 0 Å². The molecule has 0 aliphatic carbocycles. The molecule has 0 fully saturated rings. The van der Waals surface area contributed by atoms with Crippen LogP contribution in [0.2, 0.25) is 0 Å². The summed E-state index contributed by atoms with van der Waals surface area (Å²) in [5.74, 6) is -0.939. The Kier molecular flexibility index (Phi) is 7.26. The zero-order valence-corrected chi connectivity index (χ0v) is 28.0. The van der Waals surface area contributed by atoms with Crippen LogP contribution in [-0.2, 0) is 14.1 Å². The topological polar surface area (TPSA) is 16.3 Å². The summed E-state index contributed by atoms with van der Waals surface area (Å²) >= 11 is 2.83. The molecule has 0 atom stereocenters. The molecule has 0 unspecified atom stereocenters. The number of hydrogen-bond acceptors (Lipinski definition) is 4. The second kappa shape index (κ2) is 11.4. The van der Waals surface area contributed by atoms with Gasteiger partial charge in [0, 0.05) is 69.2 Å². The molecule has 0 N–H and O–H groups in total. The number of halogens is 4. The van der Waals surface area contributed by atoms with E-state index in [1.807, 2.05) is 76.5 Å². The summed E-state index contributed by atoms with van der Waals surface area (Å²) in [7, 11) is 3.98. The third-order valence-electron chi connectivity index (χ3n) is 8.88. The van der Waals surface area contributed by atoms with E-state index in [9.17, 15) is 17.6 Å². The van der Waals surface area contributed by atoms with E-state index >= 15 is 0 Å². The molecule has 48 heavy (non-hydrogen) atoms. The molecule has 2 aliphatic heterocycles. The molecule has 8 rings (SSSR count). The van der Waals surface area contributed by atoms with Crippen LogP contribution in [-0.4, -0.2) is 9.13 Å². The Morgan fingerprint density at radius 1 is 0.479 bits per heavy atom. The van der Waals surface area contributed by atoms with Crippen molar-refractivity contribution in [2.75, 3.05) is 9.80 Å². The average molecular weight is 681 g/mol. The second-order valence-electron chi connectivity index (χ2n) is 11.9. The van der Waals surface area contributed by atoms with Crippen molar-refractivity contribution in [3.8, 4) is 0 Å². The van der Waals surface area contributed by atoms with E-state index in [-0.39, 0.29) is 0 Å². The fourth-order valence-corrected chi connectivity index (χ4v) is 9.24. The largest absolute Gasteiger partial charge is 0.330 e. The summed E-state index contributed by atoms with van der Waals surface area (Å²) in [6, 6.07) is 27.4. The van der Waals surface area contributed by atoms with Crippen LogP contribution in [0.5, 0.6) is 0 Å². The molecule has 0 radical (unpaired) electrons. The van der Waals surface area contributed by atoms with Crippen LogP contribution in [0, 0.1) is 23.3 Å². The minimum absolute atomic E-state index is 0.422. The lowest BCUT2D eigenvalue weighted by molar-refractivity contribution is 0.582. The van der Waals surface area contributed by atoms with Crippen LogP contribution in [0.15, 0.2) is 119 Å². The summed E-state index contributed by atoms with van der Waals surface area (Å²) in [6.45, 7) is 3.89. The summed E-state index contributed by atoms with van der Waals surface area (Å²) in [6.07, 6.45) is 0. The fourth-order valence-electron chi connectivity index (χ4n) is 6.65. The Labute approximate surface area is 283 Å². The molecule has 2 aromatic heterocycles. The van der Waals surface area contributed by atoms with Crippen LogP contribution in [0.3, 0.4) is 0 Å². The number of nitrogens with zero attached hydrogens (tertiary/aromatic N) is 4. The maximum Gasteiger partial charge on any atom is 0.126 e. The van der Waals surface area contributed by atoms with Gasteiger partial charge in [0.1, 0.15) is 45.0 Å². The lowest BCUT2D eigenvalue weighted by Gasteiger charge is -2.28. The lowest BCUT2D eigenvalue weighted by Crippen LogP contribution is -2.24. The van der Waals surface area contributed by atoms with E-state index in [0.29, 0.717) is 20.9 Å². The first-order valence-electron chi connectivity index (χ1n) is 15.2. The first kappa shape index (κ1) is 30.5. The van der Waals surface area contributed by atoms with Crippen molar-refractivity contribution in [1.29, 1.82) is 0 Å². The molecule has 4 nitrogen and oxygen atoms in total. The molecule has 2 aliphatic rings. The van der Waals surface area contributed by atoms with E-state index in [1.54, 1.807) is 0 Å². The molecular weight excluding hydrogens is 653 g/mol. The molecule has 4 aromatic carbocycles. The van der Waals surface area contributed by atoms with E-state index < -0.39 is 23.3 Å². The van der Waals surface area contributed by atoms with Gasteiger partial charge in [-0.2, -0.15) is 0 Å². The number of aromatic nitrogens is 2. The predicted molar refractivity (Wildman–Crippen MR) is 191 cm³/mol. The molecule has 0 saturated heterocycles. The number of fused-ring (bicyclic) bond motifs is 2. The van der Waals surface area contributed by atoms with Gasteiger partial charge in [-0.1, -0.05) is 59.9 Å². The summed E-state index contributed by atoms with van der Waals surface area (Å²) < 4.78 is 62.7. The highest BCUT2D eigenvalue weighted by Gasteiger charge is 2.39. The molecule has 240 valence electrons. The van der Waals surface area contributed by atoms with Crippen molar-refractivity contribution in [3.63, 3.8) is 0 Å². The maximum absolute atomic E-state index is 14.6. The molecule has 4 heterocycles. The Morgan fingerprint density at radius 3 is 1.19 bits per heavy atom. The highest BCUT2D eigenvalue weighted by Crippen LogP contribution is 2.58. The number of rotatable bonds is 4. The van der Waals surface area contributed by atoms with Crippen LogP contribution in [0.25, 0.3) is 31.6 Å². The average Bonchev–Trinajstić information content (AvgIpc) is 3.77. The highest BCUT2D eigenvalue weighted by molar-refractivity contribution is 8.15. The van der Waals surface area contributed by atoms with Crippen molar-refractivity contribution < 1.29 is 17.6 Å². The molecule has 0 bridgehead atoms. The number of thioether (sulfide) groups is 2. The third kappa shape index (κ3) is 4.85. The van der Waals surface area contributed by atoms with Gasteiger partial charge in [0.2, 0.25) is 0 Å². The Bertz CT molecular complexity index is 2210. The normalized spacial score (nSPS) is 16.9. The van der Waals surface area contributed by atoms with Crippen molar-refractivity contribution in [2.24, 2.45) is 14.1 Å². The molecular formula is C38H28F4N4S2. The lowest BCUT2D eigenvalue weighted by atomic mass is 10.1. The smallest absolute Gasteiger partial charge is 0.126 e. The Hall–Kier alpha value is -4.80. The minimum atomic E-state index is -0.663. The Morgan fingerprint density at radius 2 is 0.833 bits per heavy atom. The zero-order valence-electron chi connectivity index (χ0n) is 26.4. The monoisotopic (exact) mass is 680 g/mol. The molecule has 0 saturated carbocycles. The molecule has 10 heteroatoms. The van der Waals surface area contributed by atoms with Crippen LogP contribution < -0.4 is 9.80 Å². The number of para-hydroxylation sites is 2. The summed E-state index contributed by atoms with van der Waals surface area (Å²) in [5, 5.41) is 3.66. The van der Waals surface area contributed by atoms with Gasteiger partial charge in [-0.15, -0.1) is 0 Å². The van der Waals surface area contributed by atoms with Crippen LogP contribution >= 0.6 is 23.5 Å². The summed E-state index contributed by atoms with van der Waals surface area (Å²) in [5.41, 5.74) is 4.47. The van der Waals surface area contributed by atoms with Crippen molar-refractivity contribution in [2.45, 2.75) is 13.8 Å². The van der Waals surface area contributed by atoms with Gasteiger partial charge in [-0.05, 0) is 73.5 Å². The second-order valence-corrected chi connectivity index (χ2v) is 13.9. The quantitative estimate of drug-likeness (QED) is 0.172. The fraction of sp³-hybridized carbons (Fsp3) is 0.105. The van der Waals surface area contributed by atoms with Gasteiger partial charge in [0.15, 0.2) is 0 Å².